The van der Waals surface area contributed by atoms with Crippen LogP contribution in [-0.2, 0) is 22.6 Å². The van der Waals surface area contributed by atoms with E-state index in [-0.39, 0.29) is 18.4 Å². The smallest absolute Gasteiger partial charge is 0.406 e. The Morgan fingerprint density at radius 2 is 1.74 bits per heavy atom. The van der Waals surface area contributed by atoms with Gasteiger partial charge in [-0.25, -0.2) is 0 Å². The molecule has 0 bridgehead atoms. The Kier molecular flexibility index (Phi) is 20.6. The number of halogens is 3. The lowest BCUT2D eigenvalue weighted by molar-refractivity contribution is -0.274. The van der Waals surface area contributed by atoms with E-state index in [0.717, 1.165) is 56.9 Å². The number of carbonyl (C=O) groups is 1. The third-order valence-electron chi connectivity index (χ3n) is 7.30. The second-order valence-electron chi connectivity index (χ2n) is 11.6. The molecular formula is C36H55F3N4O3. The summed E-state index contributed by atoms with van der Waals surface area (Å²) in [7, 11) is 0. The Morgan fingerprint density at radius 1 is 1.02 bits per heavy atom. The van der Waals surface area contributed by atoms with Crippen molar-refractivity contribution in [2.75, 3.05) is 11.9 Å². The van der Waals surface area contributed by atoms with E-state index in [4.69, 9.17) is 4.74 Å². The molecule has 0 unspecified atom stereocenters. The standard InChI is InChI=1S/C25H31F3N4O2.C8H16O.C3H8/c1-3-5-6-7-9-18(4-2)30-24-22(15-29)21-10-8-13-33-16-17-14-19(34-25(26,27)28)11-12-20(17)23(21)31-32-24;1-3-5-7-8(9)6-4-2;1-3-2/h11-12,14,18H,3-10,13,16H2,1-2H3,(H,30,32);3-7H2,1-2H3;3H2,1-2H3/t18-;;/m0../s1. The number of nitriles is 1. The number of nitrogens with one attached hydrogen (secondary N) is 1. The molecule has 7 nitrogen and oxygen atoms in total. The average Bonchev–Trinajstić information content (AvgIpc) is 3.10. The predicted molar refractivity (Wildman–Crippen MR) is 179 cm³/mol. The molecule has 2 aromatic rings. The van der Waals surface area contributed by atoms with Gasteiger partial charge in [-0.15, -0.1) is 23.4 Å². The van der Waals surface area contributed by atoms with Crippen molar-refractivity contribution in [3.63, 3.8) is 0 Å². The fourth-order valence-corrected chi connectivity index (χ4v) is 4.97. The van der Waals surface area contributed by atoms with E-state index < -0.39 is 6.36 Å². The van der Waals surface area contributed by atoms with Crippen molar-refractivity contribution in [2.24, 2.45) is 0 Å². The van der Waals surface area contributed by atoms with Crippen molar-refractivity contribution < 1.29 is 27.4 Å². The van der Waals surface area contributed by atoms with Crippen LogP contribution in [-0.4, -0.2) is 35.0 Å². The van der Waals surface area contributed by atoms with E-state index in [9.17, 15) is 23.2 Å². The van der Waals surface area contributed by atoms with Crippen LogP contribution in [0, 0.1) is 11.3 Å². The fraction of sp³-hybridized carbons (Fsp3) is 0.667. The van der Waals surface area contributed by atoms with Crippen molar-refractivity contribution in [1.82, 2.24) is 10.2 Å². The third-order valence-corrected chi connectivity index (χ3v) is 7.30. The van der Waals surface area contributed by atoms with E-state index in [1.165, 1.54) is 43.9 Å². The molecule has 46 heavy (non-hydrogen) atoms. The Balaban J connectivity index is 0.000000750. The number of unbranched alkanes of at least 4 members (excludes halogenated alkanes) is 4. The summed E-state index contributed by atoms with van der Waals surface area (Å²) in [5.74, 6) is 0.568. The van der Waals surface area contributed by atoms with Crippen LogP contribution in [0.25, 0.3) is 11.3 Å². The van der Waals surface area contributed by atoms with Crippen LogP contribution >= 0.6 is 0 Å². The molecule has 10 heteroatoms. The highest BCUT2D eigenvalue weighted by molar-refractivity contribution is 5.78. The number of rotatable bonds is 14. The molecule has 1 atom stereocenters. The number of nitrogens with zero attached hydrogens (tertiary/aromatic N) is 3. The van der Waals surface area contributed by atoms with Crippen molar-refractivity contribution in [2.45, 2.75) is 150 Å². The topological polar surface area (TPSA) is 97.1 Å². The SMILES string of the molecule is CCC.CCCCC(=O)CCC.CCCCCC[C@H](CC)Nc1nnc2c(c1C#N)CCCOCc1cc(OC(F)(F)F)ccc1-2. The van der Waals surface area contributed by atoms with E-state index in [0.29, 0.717) is 53.4 Å². The number of carbonyl (C=O) groups excluding carboxylic acids is 1. The third kappa shape index (κ3) is 15.4. The van der Waals surface area contributed by atoms with Crippen molar-refractivity contribution in [3.8, 4) is 23.1 Å². The zero-order valence-electron chi connectivity index (χ0n) is 28.8. The molecule has 258 valence electrons. The summed E-state index contributed by atoms with van der Waals surface area (Å²) in [5.41, 5.74) is 2.76. The number of ether oxygens (including phenoxy) is 2. The molecule has 0 radical (unpaired) electrons. The number of benzene rings is 1. The molecule has 1 aromatic carbocycles. The monoisotopic (exact) mass is 648 g/mol. The molecule has 0 spiro atoms. The summed E-state index contributed by atoms with van der Waals surface area (Å²) in [4.78, 5) is 10.8. The van der Waals surface area contributed by atoms with Crippen LogP contribution in [0.15, 0.2) is 18.2 Å². The highest BCUT2D eigenvalue weighted by Gasteiger charge is 2.31. The number of Topliss-reactive ketones (excluding diaryl/α,β-unsaturated/α-hetero) is 1. The Bertz CT molecular complexity index is 1200. The molecule has 0 saturated carbocycles. The molecule has 3 rings (SSSR count). The minimum absolute atomic E-state index is 0.114. The minimum atomic E-state index is -4.79. The Hall–Kier alpha value is -3.19. The Labute approximate surface area is 274 Å². The zero-order chi connectivity index (χ0) is 34.4. The maximum Gasteiger partial charge on any atom is 0.573 e. The van der Waals surface area contributed by atoms with E-state index in [1.54, 1.807) is 0 Å². The first-order valence-electron chi connectivity index (χ1n) is 17.1. The van der Waals surface area contributed by atoms with Crippen molar-refractivity contribution in [3.05, 3.63) is 34.9 Å². The van der Waals surface area contributed by atoms with Gasteiger partial charge in [0, 0.05) is 36.6 Å². The lowest BCUT2D eigenvalue weighted by Crippen LogP contribution is -2.21. The van der Waals surface area contributed by atoms with Gasteiger partial charge in [0.15, 0.2) is 5.82 Å². The number of alkyl halides is 3. The van der Waals surface area contributed by atoms with Crippen molar-refractivity contribution in [1.29, 1.82) is 5.26 Å². The number of aromatic nitrogens is 2. The molecule has 0 aliphatic carbocycles. The molecule has 0 saturated heterocycles. The normalized spacial score (nSPS) is 13.0. The molecule has 2 heterocycles. The summed E-state index contributed by atoms with van der Waals surface area (Å²) in [6.07, 6.45) is 8.99. The predicted octanol–water partition coefficient (Wildman–Crippen LogP) is 10.5. The van der Waals surface area contributed by atoms with Gasteiger partial charge in [-0.2, -0.15) is 5.26 Å². The van der Waals surface area contributed by atoms with E-state index >= 15 is 0 Å². The van der Waals surface area contributed by atoms with Crippen LogP contribution in [0.4, 0.5) is 19.0 Å². The van der Waals surface area contributed by atoms with Gasteiger partial charge in [0.2, 0.25) is 0 Å². The van der Waals surface area contributed by atoms with Crippen LogP contribution in [0.5, 0.6) is 5.75 Å². The number of hydrogen-bond donors (Lipinski definition) is 1. The second-order valence-corrected chi connectivity index (χ2v) is 11.6. The first-order chi connectivity index (χ1) is 22.1. The summed E-state index contributed by atoms with van der Waals surface area (Å²) >= 11 is 0. The van der Waals surface area contributed by atoms with Gasteiger partial charge in [-0.05, 0) is 62.3 Å². The number of ketones is 1. The van der Waals surface area contributed by atoms with Gasteiger partial charge < -0.3 is 14.8 Å². The highest BCUT2D eigenvalue weighted by Crippen LogP contribution is 2.35. The fourth-order valence-electron chi connectivity index (χ4n) is 4.97. The molecule has 0 fully saturated rings. The Morgan fingerprint density at radius 3 is 2.35 bits per heavy atom. The molecule has 1 aliphatic rings. The summed E-state index contributed by atoms with van der Waals surface area (Å²) in [6.45, 7) is 13.2. The maximum absolute atomic E-state index is 12.7. The number of fused-ring (bicyclic) bond motifs is 3. The first-order valence-corrected chi connectivity index (χ1v) is 17.1. The van der Waals surface area contributed by atoms with Crippen LogP contribution in [0.3, 0.4) is 0 Å². The van der Waals surface area contributed by atoms with Crippen LogP contribution in [0.1, 0.15) is 142 Å². The molecule has 0 amide bonds. The number of anilines is 1. The highest BCUT2D eigenvalue weighted by atomic mass is 19.4. The summed E-state index contributed by atoms with van der Waals surface area (Å²) in [6, 6.07) is 6.55. The lowest BCUT2D eigenvalue weighted by atomic mass is 9.95. The zero-order valence-corrected chi connectivity index (χ0v) is 28.8. The largest absolute Gasteiger partial charge is 0.573 e. The molecule has 1 N–H and O–H groups in total. The number of hydrogen-bond acceptors (Lipinski definition) is 7. The van der Waals surface area contributed by atoms with Gasteiger partial charge in [0.1, 0.15) is 23.2 Å². The minimum Gasteiger partial charge on any atom is -0.406 e. The summed E-state index contributed by atoms with van der Waals surface area (Å²) < 4.78 is 47.8. The van der Waals surface area contributed by atoms with Crippen LogP contribution in [0.2, 0.25) is 0 Å². The van der Waals surface area contributed by atoms with E-state index in [2.05, 4.69) is 60.9 Å². The van der Waals surface area contributed by atoms with Gasteiger partial charge >= 0.3 is 6.36 Å². The van der Waals surface area contributed by atoms with E-state index in [1.807, 2.05) is 6.92 Å². The summed E-state index contributed by atoms with van der Waals surface area (Å²) in [5, 5.41) is 22.2. The van der Waals surface area contributed by atoms with Crippen molar-refractivity contribution >= 4 is 11.6 Å². The van der Waals surface area contributed by atoms with Gasteiger partial charge in [0.25, 0.3) is 0 Å². The molecule has 1 aliphatic heterocycles. The molecular weight excluding hydrogens is 593 g/mol. The first kappa shape index (κ1) is 40.8. The lowest BCUT2D eigenvalue weighted by Gasteiger charge is -2.20. The quantitative estimate of drug-likeness (QED) is 0.204. The maximum atomic E-state index is 12.7. The van der Waals surface area contributed by atoms with Gasteiger partial charge in [-0.1, -0.05) is 80.1 Å². The van der Waals surface area contributed by atoms with Gasteiger partial charge in [0.05, 0.1) is 12.3 Å². The van der Waals surface area contributed by atoms with Gasteiger partial charge in [-0.3, -0.25) is 4.79 Å². The van der Waals surface area contributed by atoms with Crippen LogP contribution < -0.4 is 10.1 Å². The molecule has 1 aromatic heterocycles. The average molecular weight is 649 g/mol. The second kappa shape index (κ2) is 23.2.